The van der Waals surface area contributed by atoms with E-state index in [1.807, 2.05) is 60.9 Å². The standard InChI is InChI=1S/C15H18BN3O/c1-17-8-9-18(2)15(17)16-12-10-11-6-4-5-7-13(11)19(3)14(12)20/h4-9,12H,10H2,1-3H3. The number of para-hydroxylation sites is 1. The summed E-state index contributed by atoms with van der Waals surface area (Å²) in [7, 11) is 7.91. The van der Waals surface area contributed by atoms with Crippen LogP contribution in [-0.4, -0.2) is 24.8 Å². The number of anilines is 1. The lowest BCUT2D eigenvalue weighted by molar-refractivity contribution is -0.653. The van der Waals surface area contributed by atoms with Crippen molar-refractivity contribution in [2.24, 2.45) is 14.1 Å². The van der Waals surface area contributed by atoms with Crippen LogP contribution in [0, 0.1) is 0 Å². The molecule has 0 saturated heterocycles. The Labute approximate surface area is 119 Å². The van der Waals surface area contributed by atoms with Crippen LogP contribution in [0.4, 0.5) is 5.69 Å². The SMILES string of the molecule is CN1C(=O)C([B-]c2n(C)cc[n+]2C)Cc2ccccc21. The first kappa shape index (κ1) is 13.0. The number of aryl methyl sites for hydroxylation is 2. The van der Waals surface area contributed by atoms with Gasteiger partial charge in [0.1, 0.15) is 12.4 Å². The van der Waals surface area contributed by atoms with Gasteiger partial charge in [-0.2, -0.15) is 7.28 Å². The first-order chi connectivity index (χ1) is 9.58. The Hall–Kier alpha value is -2.04. The van der Waals surface area contributed by atoms with E-state index >= 15 is 0 Å². The molecule has 0 fully saturated rings. The van der Waals surface area contributed by atoms with Gasteiger partial charge in [0.25, 0.3) is 0 Å². The highest BCUT2D eigenvalue weighted by Crippen LogP contribution is 2.31. The molecule has 102 valence electrons. The maximum Gasteiger partial charge on any atom is 0.189 e. The number of hydrogen-bond donors (Lipinski definition) is 0. The molecule has 1 atom stereocenters. The maximum atomic E-state index is 12.5. The molecule has 3 rings (SSSR count). The van der Waals surface area contributed by atoms with E-state index in [0.29, 0.717) is 0 Å². The largest absolute Gasteiger partial charge is 0.318 e. The number of imidazole rings is 1. The summed E-state index contributed by atoms with van der Waals surface area (Å²) in [5, 5.41) is 0. The molecule has 4 nitrogen and oxygen atoms in total. The third-order valence-corrected chi connectivity index (χ3v) is 4.03. The quantitative estimate of drug-likeness (QED) is 0.564. The van der Waals surface area contributed by atoms with Crippen molar-refractivity contribution >= 4 is 24.6 Å². The Morgan fingerprint density at radius 2 is 2.05 bits per heavy atom. The van der Waals surface area contributed by atoms with Crippen LogP contribution in [0.2, 0.25) is 5.82 Å². The summed E-state index contributed by atoms with van der Waals surface area (Å²) in [6.07, 6.45) is 4.76. The van der Waals surface area contributed by atoms with Gasteiger partial charge in [-0.15, -0.1) is 5.82 Å². The monoisotopic (exact) mass is 267 g/mol. The fraction of sp³-hybridized carbons (Fsp3) is 0.333. The second-order valence-electron chi connectivity index (χ2n) is 5.38. The number of rotatable bonds is 2. The normalized spacial score (nSPS) is 18.2. The molecular formula is C15H18BN3O. The Morgan fingerprint density at radius 3 is 2.75 bits per heavy atom. The molecule has 1 aromatic carbocycles. The Bertz CT molecular complexity index is 645. The Morgan fingerprint density at radius 1 is 1.30 bits per heavy atom. The van der Waals surface area contributed by atoms with Crippen molar-refractivity contribution < 1.29 is 9.36 Å². The second-order valence-corrected chi connectivity index (χ2v) is 5.38. The van der Waals surface area contributed by atoms with Gasteiger partial charge in [-0.05, 0) is 11.6 Å². The first-order valence-electron chi connectivity index (χ1n) is 6.79. The fourth-order valence-corrected chi connectivity index (χ4v) is 2.85. The summed E-state index contributed by atoms with van der Waals surface area (Å²) in [6.45, 7) is 0. The molecule has 5 heteroatoms. The molecule has 0 aliphatic carbocycles. The average molecular weight is 267 g/mol. The lowest BCUT2D eigenvalue weighted by Gasteiger charge is -2.37. The highest BCUT2D eigenvalue weighted by molar-refractivity contribution is 6.57. The van der Waals surface area contributed by atoms with Crippen molar-refractivity contribution in [2.75, 3.05) is 11.9 Å². The summed E-state index contributed by atoms with van der Waals surface area (Å²) in [5.74, 6) is 0.0552. The van der Waals surface area contributed by atoms with Crippen LogP contribution < -0.4 is 15.2 Å². The molecule has 1 aromatic heterocycles. The molecule has 2 radical (unpaired) electrons. The first-order valence-corrected chi connectivity index (χ1v) is 6.79. The van der Waals surface area contributed by atoms with Crippen LogP contribution in [0.3, 0.4) is 0 Å². The van der Waals surface area contributed by atoms with Gasteiger partial charge in [0.2, 0.25) is 0 Å². The minimum Gasteiger partial charge on any atom is -0.318 e. The average Bonchev–Trinajstić information content (AvgIpc) is 2.76. The van der Waals surface area contributed by atoms with Gasteiger partial charge in [-0.3, -0.25) is 13.9 Å². The minimum atomic E-state index is -0.102. The molecule has 2 aromatic rings. The fourth-order valence-electron chi connectivity index (χ4n) is 2.85. The molecule has 2 heterocycles. The number of aromatic nitrogens is 2. The Balaban J connectivity index is 1.91. The van der Waals surface area contributed by atoms with Gasteiger partial charge in [-0.25, -0.2) is 0 Å². The van der Waals surface area contributed by atoms with E-state index < -0.39 is 0 Å². The van der Waals surface area contributed by atoms with Gasteiger partial charge in [0.15, 0.2) is 5.91 Å². The summed E-state index contributed by atoms with van der Waals surface area (Å²) in [4.78, 5) is 14.3. The van der Waals surface area contributed by atoms with Gasteiger partial charge < -0.3 is 4.90 Å². The number of hydrogen-bond acceptors (Lipinski definition) is 1. The van der Waals surface area contributed by atoms with E-state index in [2.05, 4.69) is 13.3 Å². The third kappa shape index (κ3) is 2.03. The van der Waals surface area contributed by atoms with Gasteiger partial charge in [-0.1, -0.05) is 24.6 Å². The third-order valence-electron chi connectivity index (χ3n) is 4.03. The predicted octanol–water partition coefficient (Wildman–Crippen LogP) is 0.187. The highest BCUT2D eigenvalue weighted by Gasteiger charge is 2.25. The lowest BCUT2D eigenvalue weighted by Crippen LogP contribution is -2.53. The molecule has 1 amide bonds. The molecule has 20 heavy (non-hydrogen) atoms. The lowest BCUT2D eigenvalue weighted by atomic mass is 9.59. The molecule has 1 aliphatic rings. The highest BCUT2D eigenvalue weighted by atomic mass is 16.2. The van der Waals surface area contributed by atoms with Gasteiger partial charge in [0.05, 0.1) is 14.1 Å². The van der Waals surface area contributed by atoms with Crippen LogP contribution >= 0.6 is 0 Å². The van der Waals surface area contributed by atoms with Crippen molar-refractivity contribution in [3.8, 4) is 0 Å². The number of carbonyl (C=O) groups excluding carboxylic acids is 1. The molecular weight excluding hydrogens is 249 g/mol. The zero-order valence-corrected chi connectivity index (χ0v) is 12.1. The molecule has 0 bridgehead atoms. The van der Waals surface area contributed by atoms with E-state index in [-0.39, 0.29) is 11.7 Å². The number of fused-ring (bicyclic) bond motifs is 1. The van der Waals surface area contributed by atoms with E-state index in [0.717, 1.165) is 17.8 Å². The molecule has 0 N–H and O–H groups in total. The zero-order chi connectivity index (χ0) is 14.3. The number of amides is 1. The van der Waals surface area contributed by atoms with E-state index in [1.165, 1.54) is 5.56 Å². The molecule has 0 saturated carbocycles. The van der Waals surface area contributed by atoms with Crippen LogP contribution in [-0.2, 0) is 25.3 Å². The second kappa shape index (κ2) is 4.82. The molecule has 1 unspecified atom stereocenters. The van der Waals surface area contributed by atoms with Crippen molar-refractivity contribution in [3.63, 3.8) is 0 Å². The van der Waals surface area contributed by atoms with Crippen LogP contribution in [0.15, 0.2) is 36.7 Å². The van der Waals surface area contributed by atoms with Gasteiger partial charge in [0, 0.05) is 18.5 Å². The van der Waals surface area contributed by atoms with Gasteiger partial charge >= 0.3 is 0 Å². The summed E-state index contributed by atoms with van der Waals surface area (Å²) in [5.41, 5.74) is 3.31. The van der Waals surface area contributed by atoms with Crippen molar-refractivity contribution in [1.29, 1.82) is 0 Å². The van der Waals surface area contributed by atoms with E-state index in [1.54, 1.807) is 4.90 Å². The van der Waals surface area contributed by atoms with Crippen LogP contribution in [0.5, 0.6) is 0 Å². The zero-order valence-electron chi connectivity index (χ0n) is 12.1. The van der Waals surface area contributed by atoms with Crippen LogP contribution in [0.25, 0.3) is 0 Å². The van der Waals surface area contributed by atoms with Crippen molar-refractivity contribution in [1.82, 2.24) is 4.57 Å². The maximum absolute atomic E-state index is 12.5. The number of benzene rings is 1. The summed E-state index contributed by atoms with van der Waals surface area (Å²) < 4.78 is 4.07. The van der Waals surface area contributed by atoms with Crippen LogP contribution in [0.1, 0.15) is 5.56 Å². The smallest absolute Gasteiger partial charge is 0.189 e. The summed E-state index contributed by atoms with van der Waals surface area (Å²) in [6, 6.07) is 8.11. The van der Waals surface area contributed by atoms with E-state index in [4.69, 9.17) is 0 Å². The predicted molar refractivity (Wildman–Crippen MR) is 79.3 cm³/mol. The molecule has 0 spiro atoms. The number of carbonyl (C=O) groups is 1. The summed E-state index contributed by atoms with van der Waals surface area (Å²) >= 11 is 0. The van der Waals surface area contributed by atoms with E-state index in [9.17, 15) is 4.79 Å². The topological polar surface area (TPSA) is 29.1 Å². The Kier molecular flexibility index (Phi) is 3.12. The molecule has 1 aliphatic heterocycles. The number of nitrogens with zero attached hydrogens (tertiary/aromatic N) is 3. The van der Waals surface area contributed by atoms with Crippen molar-refractivity contribution in [3.05, 3.63) is 42.2 Å². The van der Waals surface area contributed by atoms with Crippen molar-refractivity contribution in [2.45, 2.75) is 12.2 Å². The minimum absolute atomic E-state index is 0.102.